The van der Waals surface area contributed by atoms with Crippen molar-refractivity contribution in [2.24, 2.45) is 5.73 Å². The number of aromatic hydroxyl groups is 1. The molecular weight excluding hydrogens is 188 g/mol. The van der Waals surface area contributed by atoms with Crippen molar-refractivity contribution in [1.82, 2.24) is 4.57 Å². The minimum atomic E-state index is 0.290. The van der Waals surface area contributed by atoms with Crippen LogP contribution in [-0.2, 0) is 6.54 Å². The monoisotopic (exact) mass is 204 g/mol. The van der Waals surface area contributed by atoms with Gasteiger partial charge in [-0.3, -0.25) is 0 Å². The quantitative estimate of drug-likeness (QED) is 0.789. The molecule has 0 aliphatic rings. The van der Waals surface area contributed by atoms with Crippen molar-refractivity contribution in [3.63, 3.8) is 0 Å². The molecule has 1 aromatic carbocycles. The molecule has 0 atom stereocenters. The lowest BCUT2D eigenvalue weighted by atomic mass is 10.1. The highest BCUT2D eigenvalue weighted by Gasteiger charge is 2.09. The molecule has 2 rings (SSSR count). The number of hydrogen-bond acceptors (Lipinski definition) is 2. The third kappa shape index (κ3) is 1.59. The van der Waals surface area contributed by atoms with Gasteiger partial charge in [0.1, 0.15) is 5.75 Å². The van der Waals surface area contributed by atoms with Gasteiger partial charge in [-0.25, -0.2) is 0 Å². The van der Waals surface area contributed by atoms with Crippen LogP contribution in [-0.4, -0.2) is 9.67 Å². The maximum atomic E-state index is 9.45. The van der Waals surface area contributed by atoms with Crippen LogP contribution in [0.15, 0.2) is 24.4 Å². The van der Waals surface area contributed by atoms with Gasteiger partial charge in [0, 0.05) is 29.7 Å². The molecular formula is C12H16N2O. The average Bonchev–Trinajstić information content (AvgIpc) is 2.55. The number of hydrogen-bond donors (Lipinski definition) is 2. The molecule has 0 radical (unpaired) electrons. The van der Waals surface area contributed by atoms with Crippen molar-refractivity contribution in [3.8, 4) is 5.75 Å². The number of fused-ring (bicyclic) bond motifs is 1. The Labute approximate surface area is 89.1 Å². The van der Waals surface area contributed by atoms with Crippen molar-refractivity contribution in [2.45, 2.75) is 26.4 Å². The summed E-state index contributed by atoms with van der Waals surface area (Å²) in [6.07, 6.45) is 2.06. The van der Waals surface area contributed by atoms with E-state index in [1.807, 2.05) is 6.07 Å². The topological polar surface area (TPSA) is 51.2 Å². The summed E-state index contributed by atoms with van der Waals surface area (Å²) in [5.74, 6) is 0.290. The van der Waals surface area contributed by atoms with Crippen LogP contribution in [0.5, 0.6) is 5.75 Å². The van der Waals surface area contributed by atoms with Crippen molar-refractivity contribution >= 4 is 10.9 Å². The van der Waals surface area contributed by atoms with Crippen LogP contribution in [0.3, 0.4) is 0 Å². The maximum absolute atomic E-state index is 9.45. The molecule has 0 saturated carbocycles. The van der Waals surface area contributed by atoms with E-state index in [9.17, 15) is 5.11 Å². The minimum absolute atomic E-state index is 0.290. The molecule has 0 aliphatic carbocycles. The molecule has 3 nitrogen and oxygen atoms in total. The number of phenolic OH excluding ortho intramolecular Hbond substituents is 1. The first-order valence-electron chi connectivity index (χ1n) is 5.16. The SMILES string of the molecule is CC(C)n1cc(CN)c2cc(O)ccc21. The summed E-state index contributed by atoms with van der Waals surface area (Å²) in [6, 6.07) is 5.82. The predicted molar refractivity (Wildman–Crippen MR) is 61.9 cm³/mol. The van der Waals surface area contributed by atoms with Crippen LogP contribution in [0.2, 0.25) is 0 Å². The fraction of sp³-hybridized carbons (Fsp3) is 0.333. The normalized spacial score (nSPS) is 11.5. The molecule has 0 amide bonds. The average molecular weight is 204 g/mol. The zero-order chi connectivity index (χ0) is 11.0. The van der Waals surface area contributed by atoms with Gasteiger partial charge in [0.2, 0.25) is 0 Å². The van der Waals surface area contributed by atoms with Crippen molar-refractivity contribution in [1.29, 1.82) is 0 Å². The van der Waals surface area contributed by atoms with Gasteiger partial charge < -0.3 is 15.4 Å². The molecule has 1 aromatic heterocycles. The first kappa shape index (κ1) is 10.1. The second kappa shape index (κ2) is 3.59. The summed E-state index contributed by atoms with van der Waals surface area (Å²) >= 11 is 0. The first-order valence-corrected chi connectivity index (χ1v) is 5.16. The van der Waals surface area contributed by atoms with E-state index in [0.717, 1.165) is 16.5 Å². The third-order valence-corrected chi connectivity index (χ3v) is 2.68. The van der Waals surface area contributed by atoms with Crippen LogP contribution < -0.4 is 5.73 Å². The van der Waals surface area contributed by atoms with E-state index in [2.05, 4.69) is 24.6 Å². The van der Waals surface area contributed by atoms with Gasteiger partial charge >= 0.3 is 0 Å². The molecule has 0 spiro atoms. The van der Waals surface area contributed by atoms with Gasteiger partial charge in [-0.05, 0) is 37.6 Å². The molecule has 15 heavy (non-hydrogen) atoms. The van der Waals surface area contributed by atoms with Crippen molar-refractivity contribution < 1.29 is 5.11 Å². The molecule has 3 heteroatoms. The Hall–Kier alpha value is -1.48. The fourth-order valence-electron chi connectivity index (χ4n) is 1.90. The molecule has 0 aliphatic heterocycles. The standard InChI is InChI=1S/C12H16N2O/c1-8(2)14-7-9(6-13)11-5-10(15)3-4-12(11)14/h3-5,7-8,15H,6,13H2,1-2H3. The zero-order valence-electron chi connectivity index (χ0n) is 9.07. The highest BCUT2D eigenvalue weighted by molar-refractivity contribution is 5.85. The van der Waals surface area contributed by atoms with Gasteiger partial charge in [0.25, 0.3) is 0 Å². The van der Waals surface area contributed by atoms with Gasteiger partial charge in [0.15, 0.2) is 0 Å². The van der Waals surface area contributed by atoms with Crippen LogP contribution >= 0.6 is 0 Å². The second-order valence-corrected chi connectivity index (χ2v) is 4.06. The summed E-state index contributed by atoms with van der Waals surface area (Å²) in [6.45, 7) is 4.76. The van der Waals surface area contributed by atoms with Crippen LogP contribution in [0.1, 0.15) is 25.5 Å². The van der Waals surface area contributed by atoms with Crippen LogP contribution in [0.25, 0.3) is 10.9 Å². The molecule has 0 bridgehead atoms. The lowest BCUT2D eigenvalue weighted by molar-refractivity contribution is 0.476. The molecule has 3 N–H and O–H groups in total. The summed E-state index contributed by atoms with van der Waals surface area (Å²) in [5, 5.41) is 10.5. The largest absolute Gasteiger partial charge is 0.508 e. The Morgan fingerprint density at radius 2 is 2.13 bits per heavy atom. The first-order chi connectivity index (χ1) is 7.13. The number of phenols is 1. The Bertz CT molecular complexity index is 486. The van der Waals surface area contributed by atoms with E-state index >= 15 is 0 Å². The number of benzene rings is 1. The van der Waals surface area contributed by atoms with Gasteiger partial charge in [-0.1, -0.05) is 0 Å². The number of rotatable bonds is 2. The summed E-state index contributed by atoms with van der Waals surface area (Å²) in [7, 11) is 0. The Morgan fingerprint density at radius 3 is 2.73 bits per heavy atom. The second-order valence-electron chi connectivity index (χ2n) is 4.06. The summed E-state index contributed by atoms with van der Waals surface area (Å²) < 4.78 is 2.18. The third-order valence-electron chi connectivity index (χ3n) is 2.68. The molecule has 80 valence electrons. The lowest BCUT2D eigenvalue weighted by Gasteiger charge is -2.08. The molecule has 1 heterocycles. The maximum Gasteiger partial charge on any atom is 0.116 e. The lowest BCUT2D eigenvalue weighted by Crippen LogP contribution is -1.98. The Morgan fingerprint density at radius 1 is 1.40 bits per heavy atom. The summed E-state index contributed by atoms with van der Waals surface area (Å²) in [5.41, 5.74) is 7.89. The Kier molecular flexibility index (Phi) is 2.40. The van der Waals surface area contributed by atoms with Crippen LogP contribution in [0, 0.1) is 0 Å². The Balaban J connectivity index is 2.75. The fourth-order valence-corrected chi connectivity index (χ4v) is 1.90. The zero-order valence-corrected chi connectivity index (χ0v) is 9.07. The van der Waals surface area contributed by atoms with Crippen molar-refractivity contribution in [3.05, 3.63) is 30.0 Å². The highest BCUT2D eigenvalue weighted by Crippen LogP contribution is 2.27. The van der Waals surface area contributed by atoms with E-state index in [1.165, 1.54) is 0 Å². The van der Waals surface area contributed by atoms with E-state index in [4.69, 9.17) is 5.73 Å². The smallest absolute Gasteiger partial charge is 0.116 e. The molecule has 2 aromatic rings. The highest BCUT2D eigenvalue weighted by atomic mass is 16.3. The van der Waals surface area contributed by atoms with Crippen molar-refractivity contribution in [2.75, 3.05) is 0 Å². The van der Waals surface area contributed by atoms with E-state index in [1.54, 1.807) is 12.1 Å². The molecule has 0 saturated heterocycles. The minimum Gasteiger partial charge on any atom is -0.508 e. The van der Waals surface area contributed by atoms with Gasteiger partial charge in [-0.15, -0.1) is 0 Å². The molecule has 0 unspecified atom stereocenters. The predicted octanol–water partition coefficient (Wildman–Crippen LogP) is 2.39. The van der Waals surface area contributed by atoms with Crippen LogP contribution in [0.4, 0.5) is 0 Å². The number of aromatic nitrogens is 1. The summed E-state index contributed by atoms with van der Waals surface area (Å²) in [4.78, 5) is 0. The van der Waals surface area contributed by atoms with E-state index < -0.39 is 0 Å². The molecule has 0 fully saturated rings. The van der Waals surface area contributed by atoms with E-state index in [0.29, 0.717) is 18.3 Å². The number of nitrogens with zero attached hydrogens (tertiary/aromatic N) is 1. The van der Waals surface area contributed by atoms with E-state index in [-0.39, 0.29) is 0 Å². The van der Waals surface area contributed by atoms with Gasteiger partial charge in [0.05, 0.1) is 0 Å². The van der Waals surface area contributed by atoms with Gasteiger partial charge in [-0.2, -0.15) is 0 Å². The number of nitrogens with two attached hydrogens (primary N) is 1.